The minimum absolute atomic E-state index is 0.0568. The van der Waals surface area contributed by atoms with Crippen LogP contribution in [0.25, 0.3) is 5.69 Å². The van der Waals surface area contributed by atoms with E-state index < -0.39 is 0 Å². The fourth-order valence-electron chi connectivity index (χ4n) is 2.00. The minimum Gasteiger partial charge on any atom is -0.395 e. The molecule has 0 atom stereocenters. The van der Waals surface area contributed by atoms with Gasteiger partial charge in [-0.15, -0.1) is 5.10 Å². The molecule has 0 fully saturated rings. The van der Waals surface area contributed by atoms with Crippen LogP contribution in [0.4, 0.5) is 10.6 Å². The summed E-state index contributed by atoms with van der Waals surface area (Å²) >= 11 is 0. The van der Waals surface area contributed by atoms with Crippen molar-refractivity contribution in [2.45, 2.75) is 13.8 Å². The molecule has 2 amide bonds. The summed E-state index contributed by atoms with van der Waals surface area (Å²) in [5, 5.41) is 16.1. The van der Waals surface area contributed by atoms with E-state index in [1.54, 1.807) is 4.68 Å². The van der Waals surface area contributed by atoms with Crippen molar-refractivity contribution in [3.8, 4) is 5.69 Å². The number of amides is 2. The van der Waals surface area contributed by atoms with E-state index in [1.807, 2.05) is 50.4 Å². The fraction of sp³-hybridized carbons (Fsp3) is 0.333. The number of hydrogen-bond donors (Lipinski definition) is 2. The highest BCUT2D eigenvalue weighted by atomic mass is 16.3. The molecule has 112 valence electrons. The van der Waals surface area contributed by atoms with Gasteiger partial charge < -0.3 is 10.0 Å². The van der Waals surface area contributed by atoms with Gasteiger partial charge in [-0.3, -0.25) is 5.32 Å². The topological polar surface area (TPSA) is 70.4 Å². The highest BCUT2D eigenvalue weighted by molar-refractivity contribution is 5.89. The molecule has 0 saturated carbocycles. The number of benzene rings is 1. The SMILES string of the molecule is CCN(CCO)C(=O)Nc1nn(-c2ccccc2)cc1C. The van der Waals surface area contributed by atoms with Crippen molar-refractivity contribution in [3.05, 3.63) is 42.1 Å². The van der Waals surface area contributed by atoms with Gasteiger partial charge in [-0.2, -0.15) is 0 Å². The molecule has 6 heteroatoms. The number of carbonyl (C=O) groups is 1. The van der Waals surface area contributed by atoms with Crippen molar-refractivity contribution < 1.29 is 9.90 Å². The lowest BCUT2D eigenvalue weighted by Gasteiger charge is -2.19. The number of aliphatic hydroxyl groups excluding tert-OH is 1. The molecule has 0 aliphatic carbocycles. The largest absolute Gasteiger partial charge is 0.395 e. The number of nitrogens with one attached hydrogen (secondary N) is 1. The predicted octanol–water partition coefficient (Wildman–Crippen LogP) is 2.03. The average Bonchev–Trinajstić information content (AvgIpc) is 2.86. The summed E-state index contributed by atoms with van der Waals surface area (Å²) in [7, 11) is 0. The molecule has 0 radical (unpaired) electrons. The smallest absolute Gasteiger partial charge is 0.323 e. The number of hydrogen-bond acceptors (Lipinski definition) is 3. The van der Waals surface area contributed by atoms with Crippen molar-refractivity contribution in [2.75, 3.05) is 25.0 Å². The quantitative estimate of drug-likeness (QED) is 0.884. The summed E-state index contributed by atoms with van der Waals surface area (Å²) in [6, 6.07) is 9.45. The summed E-state index contributed by atoms with van der Waals surface area (Å²) in [6.07, 6.45) is 1.87. The number of anilines is 1. The molecule has 21 heavy (non-hydrogen) atoms. The molecule has 6 nitrogen and oxygen atoms in total. The number of urea groups is 1. The highest BCUT2D eigenvalue weighted by Crippen LogP contribution is 2.16. The van der Waals surface area contributed by atoms with Crippen molar-refractivity contribution in [1.29, 1.82) is 0 Å². The molecule has 0 aliphatic rings. The summed E-state index contributed by atoms with van der Waals surface area (Å²) in [6.45, 7) is 4.54. The maximum atomic E-state index is 12.1. The van der Waals surface area contributed by atoms with Crippen LogP contribution >= 0.6 is 0 Å². The first kappa shape index (κ1) is 15.1. The zero-order valence-electron chi connectivity index (χ0n) is 12.3. The van der Waals surface area contributed by atoms with E-state index in [-0.39, 0.29) is 12.6 Å². The van der Waals surface area contributed by atoms with E-state index >= 15 is 0 Å². The van der Waals surface area contributed by atoms with Crippen LogP contribution < -0.4 is 5.32 Å². The first-order chi connectivity index (χ1) is 10.2. The average molecular weight is 288 g/mol. The Balaban J connectivity index is 2.15. The molecule has 1 aromatic heterocycles. The Bertz CT molecular complexity index is 595. The third-order valence-electron chi connectivity index (χ3n) is 3.18. The second-order valence-corrected chi connectivity index (χ2v) is 4.67. The van der Waals surface area contributed by atoms with E-state index in [2.05, 4.69) is 10.4 Å². The standard InChI is InChI=1S/C15H20N4O2/c1-3-18(9-10-20)15(21)16-14-12(2)11-19(17-14)13-7-5-4-6-8-13/h4-8,11,20H,3,9-10H2,1-2H3,(H,16,17,21). The number of likely N-dealkylation sites (N-methyl/N-ethyl adjacent to an activating group) is 1. The zero-order valence-corrected chi connectivity index (χ0v) is 12.3. The van der Waals surface area contributed by atoms with E-state index in [0.717, 1.165) is 11.3 Å². The third kappa shape index (κ3) is 3.61. The lowest BCUT2D eigenvalue weighted by molar-refractivity contribution is 0.192. The number of nitrogens with zero attached hydrogens (tertiary/aromatic N) is 3. The van der Waals surface area contributed by atoms with Crippen molar-refractivity contribution in [1.82, 2.24) is 14.7 Å². The molecule has 2 rings (SSSR count). The van der Waals surface area contributed by atoms with Crippen molar-refractivity contribution >= 4 is 11.8 Å². The van der Waals surface area contributed by atoms with Gasteiger partial charge in [-0.05, 0) is 26.0 Å². The van der Waals surface area contributed by atoms with E-state index in [1.165, 1.54) is 4.90 Å². The number of rotatable bonds is 5. The zero-order chi connectivity index (χ0) is 15.2. The first-order valence-electron chi connectivity index (χ1n) is 6.94. The normalized spacial score (nSPS) is 10.4. The van der Waals surface area contributed by atoms with Crippen LogP contribution in [-0.4, -0.2) is 45.5 Å². The van der Waals surface area contributed by atoms with Gasteiger partial charge in [-0.25, -0.2) is 9.48 Å². The van der Waals surface area contributed by atoms with Crippen LogP contribution in [0.1, 0.15) is 12.5 Å². The molecule has 0 spiro atoms. The van der Waals surface area contributed by atoms with Gasteiger partial charge in [0.15, 0.2) is 5.82 Å². The highest BCUT2D eigenvalue weighted by Gasteiger charge is 2.14. The Morgan fingerprint density at radius 1 is 1.38 bits per heavy atom. The Kier molecular flexibility index (Phi) is 4.94. The minimum atomic E-state index is -0.257. The summed E-state index contributed by atoms with van der Waals surface area (Å²) in [5.41, 5.74) is 1.82. The summed E-state index contributed by atoms with van der Waals surface area (Å²) in [5.74, 6) is 0.528. The third-order valence-corrected chi connectivity index (χ3v) is 3.18. The molecule has 0 bridgehead atoms. The number of carbonyl (C=O) groups excluding carboxylic acids is 1. The van der Waals surface area contributed by atoms with Crippen LogP contribution in [0.2, 0.25) is 0 Å². The molecule has 2 N–H and O–H groups in total. The van der Waals surface area contributed by atoms with Gasteiger partial charge in [0.05, 0.1) is 12.3 Å². The van der Waals surface area contributed by atoms with E-state index in [0.29, 0.717) is 18.9 Å². The first-order valence-corrected chi connectivity index (χ1v) is 6.94. The molecule has 1 aromatic carbocycles. The second-order valence-electron chi connectivity index (χ2n) is 4.67. The van der Waals surface area contributed by atoms with E-state index in [4.69, 9.17) is 5.11 Å². The maximum absolute atomic E-state index is 12.1. The van der Waals surface area contributed by atoms with Gasteiger partial charge in [0.1, 0.15) is 0 Å². The van der Waals surface area contributed by atoms with Gasteiger partial charge in [0.25, 0.3) is 0 Å². The second kappa shape index (κ2) is 6.90. The lowest BCUT2D eigenvalue weighted by Crippen LogP contribution is -2.37. The van der Waals surface area contributed by atoms with Crippen LogP contribution in [0, 0.1) is 6.92 Å². The Hall–Kier alpha value is -2.34. The molecular weight excluding hydrogens is 268 g/mol. The van der Waals surface area contributed by atoms with Crippen molar-refractivity contribution in [3.63, 3.8) is 0 Å². The number of aliphatic hydroxyl groups is 1. The van der Waals surface area contributed by atoms with Gasteiger partial charge in [0, 0.05) is 24.8 Å². The Morgan fingerprint density at radius 3 is 2.71 bits per heavy atom. The summed E-state index contributed by atoms with van der Waals surface area (Å²) in [4.78, 5) is 13.6. The molecule has 0 unspecified atom stereocenters. The van der Waals surface area contributed by atoms with Crippen molar-refractivity contribution in [2.24, 2.45) is 0 Å². The number of para-hydroxylation sites is 1. The van der Waals surface area contributed by atoms with Crippen LogP contribution in [0.15, 0.2) is 36.5 Å². The van der Waals surface area contributed by atoms with E-state index in [9.17, 15) is 4.79 Å². The monoisotopic (exact) mass is 288 g/mol. The van der Waals surface area contributed by atoms with Gasteiger partial charge in [0.2, 0.25) is 0 Å². The van der Waals surface area contributed by atoms with Crippen LogP contribution in [0.3, 0.4) is 0 Å². The molecule has 0 aliphatic heterocycles. The summed E-state index contributed by atoms with van der Waals surface area (Å²) < 4.78 is 1.73. The fourth-order valence-corrected chi connectivity index (χ4v) is 2.00. The number of aryl methyl sites for hydroxylation is 1. The molecule has 2 aromatic rings. The predicted molar refractivity (Wildman–Crippen MR) is 81.7 cm³/mol. The Labute approximate surface area is 124 Å². The molecular formula is C15H20N4O2. The van der Waals surface area contributed by atoms with Gasteiger partial charge in [-0.1, -0.05) is 18.2 Å². The van der Waals surface area contributed by atoms with Crippen LogP contribution in [-0.2, 0) is 0 Å². The number of aromatic nitrogens is 2. The molecule has 1 heterocycles. The van der Waals surface area contributed by atoms with Crippen LogP contribution in [0.5, 0.6) is 0 Å². The Morgan fingerprint density at radius 2 is 2.10 bits per heavy atom. The lowest BCUT2D eigenvalue weighted by atomic mass is 10.3. The molecule has 0 saturated heterocycles. The van der Waals surface area contributed by atoms with Gasteiger partial charge >= 0.3 is 6.03 Å². The maximum Gasteiger partial charge on any atom is 0.323 e.